The normalized spacial score (nSPS) is 11.2. The second-order valence-electron chi connectivity index (χ2n) is 5.10. The van der Waals surface area contributed by atoms with Crippen molar-refractivity contribution in [1.82, 2.24) is 9.97 Å². The Hall–Kier alpha value is -1.96. The summed E-state index contributed by atoms with van der Waals surface area (Å²) in [5.41, 5.74) is 1.65. The Morgan fingerprint density at radius 3 is 2.92 bits per heavy atom. The number of rotatable bonds is 4. The van der Waals surface area contributed by atoms with Crippen LogP contribution in [0, 0.1) is 5.82 Å². The van der Waals surface area contributed by atoms with Crippen LogP contribution in [-0.4, -0.2) is 9.97 Å². The predicted octanol–water partition coefficient (Wildman–Crippen LogP) is 5.14. The molecule has 4 aromatic rings. The van der Waals surface area contributed by atoms with Crippen molar-refractivity contribution in [3.63, 3.8) is 0 Å². The van der Waals surface area contributed by atoms with Crippen LogP contribution >= 0.6 is 34.4 Å². The molecule has 0 amide bonds. The molecule has 3 heterocycles. The summed E-state index contributed by atoms with van der Waals surface area (Å²) >= 11 is 4.46. The van der Waals surface area contributed by atoms with Gasteiger partial charge in [0, 0.05) is 21.6 Å². The molecule has 0 bridgehead atoms. The molecule has 0 unspecified atom stereocenters. The summed E-state index contributed by atoms with van der Waals surface area (Å²) in [6, 6.07) is 10.4. The molecular formula is C17H11FN2OS3. The minimum atomic E-state index is -0.260. The molecule has 24 heavy (non-hydrogen) atoms. The zero-order chi connectivity index (χ0) is 16.5. The lowest BCUT2D eigenvalue weighted by Gasteiger charge is -2.02. The first-order valence-corrected chi connectivity index (χ1v) is 9.88. The number of benzene rings is 1. The maximum atomic E-state index is 13.2. The molecule has 3 aromatic heterocycles. The van der Waals surface area contributed by atoms with Crippen LogP contribution in [0.25, 0.3) is 20.7 Å². The van der Waals surface area contributed by atoms with Gasteiger partial charge in [0.05, 0.1) is 5.39 Å². The van der Waals surface area contributed by atoms with Crippen LogP contribution < -0.4 is 5.56 Å². The Bertz CT molecular complexity index is 1050. The van der Waals surface area contributed by atoms with E-state index >= 15 is 0 Å². The van der Waals surface area contributed by atoms with Gasteiger partial charge in [-0.2, -0.15) is 0 Å². The Morgan fingerprint density at radius 1 is 1.21 bits per heavy atom. The zero-order valence-electron chi connectivity index (χ0n) is 12.3. The second-order valence-corrected chi connectivity index (χ2v) is 7.87. The molecule has 1 N–H and O–H groups in total. The van der Waals surface area contributed by atoms with Crippen molar-refractivity contribution in [2.75, 3.05) is 0 Å². The number of thiophene rings is 2. The minimum absolute atomic E-state index is 0.133. The summed E-state index contributed by atoms with van der Waals surface area (Å²) in [4.78, 5) is 21.7. The number of hydrogen-bond donors (Lipinski definition) is 1. The Kier molecular flexibility index (Phi) is 4.22. The van der Waals surface area contributed by atoms with E-state index in [1.165, 1.54) is 35.2 Å². The van der Waals surface area contributed by atoms with E-state index in [-0.39, 0.29) is 11.4 Å². The SMILES string of the molecule is O=c1[nH]c(SCc2cccc(F)c2)nc2scc(-c3cccs3)c12. The van der Waals surface area contributed by atoms with E-state index in [2.05, 4.69) is 9.97 Å². The average molecular weight is 374 g/mol. The van der Waals surface area contributed by atoms with Crippen LogP contribution in [0.4, 0.5) is 4.39 Å². The number of aromatic amines is 1. The van der Waals surface area contributed by atoms with Crippen LogP contribution in [-0.2, 0) is 5.75 Å². The van der Waals surface area contributed by atoms with Crippen molar-refractivity contribution < 1.29 is 4.39 Å². The highest BCUT2D eigenvalue weighted by Crippen LogP contribution is 2.34. The van der Waals surface area contributed by atoms with Crippen molar-refractivity contribution in [3.8, 4) is 10.4 Å². The fourth-order valence-electron chi connectivity index (χ4n) is 2.39. The van der Waals surface area contributed by atoms with Crippen molar-refractivity contribution in [2.45, 2.75) is 10.9 Å². The lowest BCUT2D eigenvalue weighted by atomic mass is 10.2. The van der Waals surface area contributed by atoms with Gasteiger partial charge < -0.3 is 4.98 Å². The first-order valence-electron chi connectivity index (χ1n) is 7.13. The molecule has 7 heteroatoms. The molecule has 1 aromatic carbocycles. The molecule has 0 aliphatic heterocycles. The van der Waals surface area contributed by atoms with Gasteiger partial charge in [-0.1, -0.05) is 30.0 Å². The summed E-state index contributed by atoms with van der Waals surface area (Å²) in [5, 5.41) is 5.15. The number of fused-ring (bicyclic) bond motifs is 1. The van der Waals surface area contributed by atoms with Crippen LogP contribution in [0.2, 0.25) is 0 Å². The molecule has 0 atom stereocenters. The smallest absolute Gasteiger partial charge is 0.260 e. The number of aromatic nitrogens is 2. The van der Waals surface area contributed by atoms with Crippen LogP contribution in [0.1, 0.15) is 5.56 Å². The van der Waals surface area contributed by atoms with Crippen molar-refractivity contribution in [1.29, 1.82) is 0 Å². The van der Waals surface area contributed by atoms with Gasteiger partial charge in [0.25, 0.3) is 5.56 Å². The lowest BCUT2D eigenvalue weighted by molar-refractivity contribution is 0.626. The minimum Gasteiger partial charge on any atom is -0.301 e. The Labute approximate surface area is 149 Å². The van der Waals surface area contributed by atoms with Gasteiger partial charge in [-0.25, -0.2) is 9.37 Å². The molecule has 0 saturated carbocycles. The zero-order valence-corrected chi connectivity index (χ0v) is 14.7. The van der Waals surface area contributed by atoms with Gasteiger partial charge in [-0.3, -0.25) is 4.79 Å². The number of thioether (sulfide) groups is 1. The van der Waals surface area contributed by atoms with Crippen molar-refractivity contribution in [2.24, 2.45) is 0 Å². The van der Waals surface area contributed by atoms with Gasteiger partial charge in [-0.05, 0) is 29.1 Å². The van der Waals surface area contributed by atoms with Gasteiger partial charge in [0.1, 0.15) is 10.6 Å². The van der Waals surface area contributed by atoms with E-state index < -0.39 is 0 Å². The van der Waals surface area contributed by atoms with Gasteiger partial charge in [-0.15, -0.1) is 22.7 Å². The van der Waals surface area contributed by atoms with E-state index in [0.717, 1.165) is 20.8 Å². The van der Waals surface area contributed by atoms with Crippen molar-refractivity contribution >= 4 is 44.7 Å². The third-order valence-electron chi connectivity index (χ3n) is 3.47. The largest absolute Gasteiger partial charge is 0.301 e. The first-order chi connectivity index (χ1) is 11.7. The van der Waals surface area contributed by atoms with Crippen LogP contribution in [0.5, 0.6) is 0 Å². The monoisotopic (exact) mass is 374 g/mol. The number of nitrogens with zero attached hydrogens (tertiary/aromatic N) is 1. The molecule has 0 saturated heterocycles. The molecule has 4 rings (SSSR count). The fraction of sp³-hybridized carbons (Fsp3) is 0.0588. The van der Waals surface area contributed by atoms with Crippen LogP contribution in [0.3, 0.4) is 0 Å². The molecule has 0 aliphatic rings. The van der Waals surface area contributed by atoms with Crippen molar-refractivity contribution in [3.05, 3.63) is 68.9 Å². The molecule has 0 aliphatic carbocycles. The summed E-state index contributed by atoms with van der Waals surface area (Å²) in [7, 11) is 0. The average Bonchev–Trinajstić information content (AvgIpc) is 3.22. The number of H-pyrrole nitrogens is 1. The Balaban J connectivity index is 1.65. The number of hydrogen-bond acceptors (Lipinski definition) is 5. The van der Waals surface area contributed by atoms with E-state index in [1.54, 1.807) is 17.4 Å². The highest BCUT2D eigenvalue weighted by Gasteiger charge is 2.13. The van der Waals surface area contributed by atoms with Gasteiger partial charge in [0.15, 0.2) is 5.16 Å². The molecule has 120 valence electrons. The number of halogens is 1. The lowest BCUT2D eigenvalue weighted by Crippen LogP contribution is -2.08. The highest BCUT2D eigenvalue weighted by molar-refractivity contribution is 7.98. The van der Waals surface area contributed by atoms with E-state index in [1.807, 2.05) is 29.0 Å². The maximum Gasteiger partial charge on any atom is 0.260 e. The van der Waals surface area contributed by atoms with Gasteiger partial charge >= 0.3 is 0 Å². The molecular weight excluding hydrogens is 363 g/mol. The summed E-state index contributed by atoms with van der Waals surface area (Å²) in [6.45, 7) is 0. The second kappa shape index (κ2) is 6.51. The predicted molar refractivity (Wildman–Crippen MR) is 99.5 cm³/mol. The fourth-order valence-corrected chi connectivity index (χ4v) is 5.01. The molecule has 0 spiro atoms. The van der Waals surface area contributed by atoms with Gasteiger partial charge in [0.2, 0.25) is 0 Å². The highest BCUT2D eigenvalue weighted by atomic mass is 32.2. The third kappa shape index (κ3) is 3.02. The topological polar surface area (TPSA) is 45.8 Å². The third-order valence-corrected chi connectivity index (χ3v) is 6.19. The quantitative estimate of drug-likeness (QED) is 0.397. The molecule has 0 radical (unpaired) electrons. The molecule has 3 nitrogen and oxygen atoms in total. The summed E-state index contributed by atoms with van der Waals surface area (Å²) in [5.74, 6) is 0.291. The van der Waals surface area contributed by atoms with E-state index in [4.69, 9.17) is 0 Å². The van der Waals surface area contributed by atoms with E-state index in [0.29, 0.717) is 16.3 Å². The first kappa shape index (κ1) is 15.6. The molecule has 0 fully saturated rings. The number of nitrogens with one attached hydrogen (secondary N) is 1. The summed E-state index contributed by atoms with van der Waals surface area (Å²) < 4.78 is 13.2. The standard InChI is InChI=1S/C17H11FN2OS3/c18-11-4-1-3-10(7-11)8-24-17-19-15(21)14-12(9-23-16(14)20-17)13-5-2-6-22-13/h1-7,9H,8H2,(H,19,20,21). The van der Waals surface area contributed by atoms with E-state index in [9.17, 15) is 9.18 Å². The maximum absolute atomic E-state index is 13.2. The van der Waals surface area contributed by atoms with Crippen LogP contribution in [0.15, 0.2) is 57.1 Å². The Morgan fingerprint density at radius 2 is 2.12 bits per heavy atom. The summed E-state index contributed by atoms with van der Waals surface area (Å²) in [6.07, 6.45) is 0.